The molecule has 8 nitrogen and oxygen atoms in total. The summed E-state index contributed by atoms with van der Waals surface area (Å²) < 4.78 is 9.72. The topological polar surface area (TPSA) is 71.3 Å². The first-order chi connectivity index (χ1) is 54.6. The fourth-order valence-corrected chi connectivity index (χ4v) is 17.3. The van der Waals surface area contributed by atoms with E-state index in [4.69, 9.17) is 19.9 Å². The van der Waals surface area contributed by atoms with E-state index in [1.165, 1.54) is 97.7 Å². The normalized spacial score (nSPS) is 11.8. The highest BCUT2D eigenvalue weighted by atomic mass is 15.0. The Balaban J connectivity index is 0.000000136. The van der Waals surface area contributed by atoms with Gasteiger partial charge in [-0.05, 0) is 125 Å². The van der Waals surface area contributed by atoms with Gasteiger partial charge in [0.25, 0.3) is 0 Å². The summed E-state index contributed by atoms with van der Waals surface area (Å²) in [6.45, 7) is 0. The van der Waals surface area contributed by atoms with Gasteiger partial charge in [0, 0.05) is 98.9 Å². The standard InChI is InChI=1S/C54H34N4.C48H30N4/c1-4-16-36(17-5-1)52-53(37-18-6-2-7-19-37)56-46-34-39(28-30-45(46)55-52)38-20-14-23-41(33-38)57-47-26-13-12-25-43(47)50-48(57)31-32-49-51(50)44-29-27-35-15-10-11-24-42(35)54(44)58(49)40-21-8-3-9-22-40;1-4-15-32(16-5-1)46-47(33-17-6-2-7-18-33)50-40-30-35(25-27-39(40)49-46)51-41-23-13-12-22-37(41)44-42(51)28-29-43-45(44)38-26-24-31-14-10-11-21-36(31)48(38)52(43)34-19-8-3-9-20-34/h1-34H;1-30H. The predicted octanol–water partition coefficient (Wildman–Crippen LogP) is 26.3. The highest BCUT2D eigenvalue weighted by Gasteiger charge is 2.26. The lowest BCUT2D eigenvalue weighted by atomic mass is 10.0. The second-order valence-electron chi connectivity index (χ2n) is 28.4. The minimum atomic E-state index is 0.857. The first-order valence-electron chi connectivity index (χ1n) is 37.4. The van der Waals surface area contributed by atoms with Crippen molar-refractivity contribution in [1.29, 1.82) is 0 Å². The molecule has 0 fully saturated rings. The van der Waals surface area contributed by atoms with Gasteiger partial charge in [0.1, 0.15) is 0 Å². The van der Waals surface area contributed by atoms with E-state index in [-0.39, 0.29) is 0 Å². The molecule has 0 amide bonds. The lowest BCUT2D eigenvalue weighted by Crippen LogP contribution is -1.98. The van der Waals surface area contributed by atoms with Crippen LogP contribution in [0.1, 0.15) is 0 Å². The second kappa shape index (κ2) is 25.4. The zero-order valence-corrected chi connectivity index (χ0v) is 59.5. The Morgan fingerprint density at radius 2 is 0.482 bits per heavy atom. The summed E-state index contributed by atoms with van der Waals surface area (Å²) in [5.41, 5.74) is 27.4. The van der Waals surface area contributed by atoms with Crippen LogP contribution in [0.5, 0.6) is 0 Å². The maximum absolute atomic E-state index is 5.33. The van der Waals surface area contributed by atoms with Crippen molar-refractivity contribution in [3.8, 4) is 78.9 Å². The van der Waals surface area contributed by atoms with Gasteiger partial charge in [0.05, 0.1) is 89.0 Å². The first-order valence-corrected chi connectivity index (χ1v) is 37.4. The van der Waals surface area contributed by atoms with E-state index in [0.717, 1.165) is 112 Å². The summed E-state index contributed by atoms with van der Waals surface area (Å²) in [6, 6.07) is 138. The molecule has 0 N–H and O–H groups in total. The SMILES string of the molecule is c1ccc(-c2nc3ccc(-c4cccc(-n5c6ccccc6c6c7c8ccc9ccccc9c8n(-c8ccccc8)c7ccc65)c4)cc3nc2-c2ccccc2)cc1.c1ccc(-c2nc3ccc(-n4c5ccccc5c5c6c7ccc8ccccc8c7n(-c7ccccc7)c6ccc54)cc3nc2-c2ccccc2)cc1. The quantitative estimate of drug-likeness (QED) is 0.144. The van der Waals surface area contributed by atoms with E-state index in [1.54, 1.807) is 0 Å². The van der Waals surface area contributed by atoms with E-state index in [1.807, 2.05) is 24.3 Å². The molecule has 512 valence electrons. The number of fused-ring (bicyclic) bond motifs is 20. The fourth-order valence-electron chi connectivity index (χ4n) is 17.3. The molecule has 6 heterocycles. The van der Waals surface area contributed by atoms with Crippen LogP contribution in [0.15, 0.2) is 388 Å². The van der Waals surface area contributed by atoms with E-state index in [2.05, 4.69) is 382 Å². The lowest BCUT2D eigenvalue weighted by Gasteiger charge is -2.13. The Hall–Kier alpha value is -14.9. The van der Waals surface area contributed by atoms with Gasteiger partial charge in [-0.2, -0.15) is 0 Å². The molecule has 23 rings (SSSR count). The Labute approximate surface area is 632 Å². The average molecular weight is 1400 g/mol. The molecule has 0 bridgehead atoms. The Morgan fingerprint density at radius 1 is 0.164 bits per heavy atom. The van der Waals surface area contributed by atoms with E-state index >= 15 is 0 Å². The van der Waals surface area contributed by atoms with Crippen molar-refractivity contribution in [2.24, 2.45) is 0 Å². The van der Waals surface area contributed by atoms with Crippen LogP contribution in [-0.4, -0.2) is 38.2 Å². The minimum absolute atomic E-state index is 0.857. The van der Waals surface area contributed by atoms with Crippen molar-refractivity contribution < 1.29 is 0 Å². The summed E-state index contributed by atoms with van der Waals surface area (Å²) in [7, 11) is 0. The molecule has 17 aromatic carbocycles. The summed E-state index contributed by atoms with van der Waals surface area (Å²) in [5, 5.41) is 15.0. The van der Waals surface area contributed by atoms with Crippen LogP contribution >= 0.6 is 0 Å². The molecule has 0 spiro atoms. The monoisotopic (exact) mass is 1400 g/mol. The largest absolute Gasteiger partial charge is 0.309 e. The van der Waals surface area contributed by atoms with Crippen molar-refractivity contribution in [3.05, 3.63) is 388 Å². The molecular weight excluding hydrogens is 1340 g/mol. The van der Waals surface area contributed by atoms with Crippen LogP contribution in [-0.2, 0) is 0 Å². The van der Waals surface area contributed by atoms with E-state index in [9.17, 15) is 0 Å². The predicted molar refractivity (Wildman–Crippen MR) is 459 cm³/mol. The lowest BCUT2D eigenvalue weighted by molar-refractivity contribution is 1.17. The molecule has 0 aliphatic heterocycles. The zero-order valence-electron chi connectivity index (χ0n) is 59.5. The molecule has 0 saturated carbocycles. The number of rotatable bonds is 9. The maximum Gasteiger partial charge on any atom is 0.0973 e. The number of aromatic nitrogens is 8. The van der Waals surface area contributed by atoms with Gasteiger partial charge in [-0.15, -0.1) is 0 Å². The molecule has 0 saturated heterocycles. The Morgan fingerprint density at radius 3 is 0.927 bits per heavy atom. The van der Waals surface area contributed by atoms with Crippen LogP contribution in [0, 0.1) is 0 Å². The van der Waals surface area contributed by atoms with Gasteiger partial charge in [0.2, 0.25) is 0 Å². The smallest absolute Gasteiger partial charge is 0.0973 e. The number of hydrogen-bond acceptors (Lipinski definition) is 4. The number of hydrogen-bond donors (Lipinski definition) is 0. The molecule has 23 aromatic rings. The highest BCUT2D eigenvalue weighted by molar-refractivity contribution is 6.33. The summed E-state index contributed by atoms with van der Waals surface area (Å²) >= 11 is 0. The van der Waals surface area contributed by atoms with Gasteiger partial charge >= 0.3 is 0 Å². The highest BCUT2D eigenvalue weighted by Crippen LogP contribution is 2.48. The number of benzene rings is 17. The van der Waals surface area contributed by atoms with Gasteiger partial charge in [-0.3, -0.25) is 0 Å². The van der Waals surface area contributed by atoms with Crippen molar-refractivity contribution in [3.63, 3.8) is 0 Å². The molecule has 0 atom stereocenters. The van der Waals surface area contributed by atoms with Crippen LogP contribution in [0.2, 0.25) is 0 Å². The van der Waals surface area contributed by atoms with Crippen LogP contribution in [0.4, 0.5) is 0 Å². The summed E-state index contributed by atoms with van der Waals surface area (Å²) in [4.78, 5) is 21.0. The average Bonchev–Trinajstić information content (AvgIpc) is 1.54. The van der Waals surface area contributed by atoms with Gasteiger partial charge in [-0.1, -0.05) is 285 Å². The van der Waals surface area contributed by atoms with Crippen molar-refractivity contribution in [2.45, 2.75) is 0 Å². The third-order valence-corrected chi connectivity index (χ3v) is 22.1. The molecular formula is C102H64N8. The van der Waals surface area contributed by atoms with Crippen LogP contribution < -0.4 is 0 Å². The molecule has 0 radical (unpaired) electrons. The van der Waals surface area contributed by atoms with Crippen molar-refractivity contribution in [1.82, 2.24) is 38.2 Å². The number of para-hydroxylation sites is 4. The third kappa shape index (κ3) is 10.0. The summed E-state index contributed by atoms with van der Waals surface area (Å²) in [6.07, 6.45) is 0. The molecule has 0 aliphatic rings. The molecule has 110 heavy (non-hydrogen) atoms. The second-order valence-corrected chi connectivity index (χ2v) is 28.4. The van der Waals surface area contributed by atoms with E-state index < -0.39 is 0 Å². The molecule has 0 unspecified atom stereocenters. The van der Waals surface area contributed by atoms with Crippen LogP contribution in [0.3, 0.4) is 0 Å². The molecule has 8 heteroatoms. The van der Waals surface area contributed by atoms with Crippen molar-refractivity contribution in [2.75, 3.05) is 0 Å². The Bertz CT molecular complexity index is 7610. The van der Waals surface area contributed by atoms with Crippen LogP contribution in [0.25, 0.3) is 210 Å². The molecule has 0 aliphatic carbocycles. The maximum atomic E-state index is 5.33. The van der Waals surface area contributed by atoms with Gasteiger partial charge in [-0.25, -0.2) is 19.9 Å². The number of nitrogens with zero attached hydrogens (tertiary/aromatic N) is 8. The third-order valence-electron chi connectivity index (χ3n) is 22.1. The zero-order chi connectivity index (χ0) is 72.3. The first kappa shape index (κ1) is 62.5. The fraction of sp³-hybridized carbons (Fsp3) is 0. The van der Waals surface area contributed by atoms with Gasteiger partial charge < -0.3 is 18.3 Å². The minimum Gasteiger partial charge on any atom is -0.309 e. The van der Waals surface area contributed by atoms with Crippen molar-refractivity contribution >= 4 is 131 Å². The van der Waals surface area contributed by atoms with Gasteiger partial charge in [0.15, 0.2) is 0 Å². The molecule has 6 aromatic heterocycles. The van der Waals surface area contributed by atoms with E-state index in [0.29, 0.717) is 0 Å². The Kier molecular flexibility index (Phi) is 14.5. The summed E-state index contributed by atoms with van der Waals surface area (Å²) in [5.74, 6) is 0.